The quantitative estimate of drug-likeness (QED) is 0.735. The number of hydrogen-bond acceptors (Lipinski definition) is 5. The van der Waals surface area contributed by atoms with Gasteiger partial charge in [0.15, 0.2) is 5.82 Å². The number of aryl methyl sites for hydroxylation is 1. The number of aromatic nitrogens is 5. The first-order valence-corrected chi connectivity index (χ1v) is 10.9. The van der Waals surface area contributed by atoms with Crippen LogP contribution in [-0.2, 0) is 0 Å². The average molecular weight is 393 g/mol. The minimum Gasteiger partial charge on any atom is -0.322 e. The second-order valence-electron chi connectivity index (χ2n) is 8.56. The lowest BCUT2D eigenvalue weighted by atomic mass is 9.95. The number of likely N-dealkylation sites (tertiary alicyclic amines) is 1. The van der Waals surface area contributed by atoms with Gasteiger partial charge >= 0.3 is 0 Å². The second kappa shape index (κ2) is 7.71. The lowest BCUT2D eigenvalue weighted by Crippen LogP contribution is -2.34. The van der Waals surface area contributed by atoms with Crippen LogP contribution in [0.15, 0.2) is 29.1 Å². The van der Waals surface area contributed by atoms with Crippen molar-refractivity contribution in [2.24, 2.45) is 0 Å². The lowest BCUT2D eigenvalue weighted by molar-refractivity contribution is 0.243. The van der Waals surface area contributed by atoms with Gasteiger partial charge in [-0.2, -0.15) is 0 Å². The Morgan fingerprint density at radius 3 is 2.66 bits per heavy atom. The van der Waals surface area contributed by atoms with Crippen molar-refractivity contribution in [2.45, 2.75) is 64.0 Å². The van der Waals surface area contributed by atoms with Crippen LogP contribution in [-0.4, -0.2) is 43.2 Å². The summed E-state index contributed by atoms with van der Waals surface area (Å²) in [6.07, 6.45) is 8.23. The molecule has 0 unspecified atom stereocenters. The SMILES string of the molecule is Cc1ccc2cc([C@@H](c3nnnn3C3CCCCC3)N3CCCC3)c(=O)[nH]c2c1. The molecule has 2 aliphatic rings. The molecule has 0 bridgehead atoms. The Hall–Kier alpha value is -2.54. The van der Waals surface area contributed by atoms with Crippen LogP contribution in [0.25, 0.3) is 10.9 Å². The molecule has 1 N–H and O–H groups in total. The van der Waals surface area contributed by atoms with E-state index in [1.807, 2.05) is 23.7 Å². The van der Waals surface area contributed by atoms with Crippen molar-refractivity contribution < 1.29 is 0 Å². The topological polar surface area (TPSA) is 79.7 Å². The van der Waals surface area contributed by atoms with Crippen LogP contribution in [0, 0.1) is 6.92 Å². The highest BCUT2D eigenvalue weighted by Crippen LogP contribution is 2.34. The number of aromatic amines is 1. The third-order valence-electron chi connectivity index (χ3n) is 6.51. The van der Waals surface area contributed by atoms with Crippen molar-refractivity contribution in [3.8, 4) is 0 Å². The first-order chi connectivity index (χ1) is 14.2. The standard InChI is InChI=1S/C22H28N6O/c1-15-9-10-16-14-18(22(29)23-19(16)13-15)20(27-11-5-6-12-27)21-24-25-26-28(21)17-7-3-2-4-8-17/h9-10,13-14,17,20H,2-8,11-12H2,1H3,(H,23,29)/t20-/m0/s1. The summed E-state index contributed by atoms with van der Waals surface area (Å²) in [5.41, 5.74) is 2.72. The van der Waals surface area contributed by atoms with Gasteiger partial charge in [-0.3, -0.25) is 9.69 Å². The summed E-state index contributed by atoms with van der Waals surface area (Å²) < 4.78 is 2.01. The molecule has 1 aliphatic heterocycles. The van der Waals surface area contributed by atoms with Crippen LogP contribution >= 0.6 is 0 Å². The summed E-state index contributed by atoms with van der Waals surface area (Å²) in [5.74, 6) is 0.816. The van der Waals surface area contributed by atoms with Crippen LogP contribution in [0.5, 0.6) is 0 Å². The fourth-order valence-electron chi connectivity index (χ4n) is 5.00. The summed E-state index contributed by atoms with van der Waals surface area (Å²) in [6, 6.07) is 8.36. The first kappa shape index (κ1) is 18.5. The zero-order valence-electron chi connectivity index (χ0n) is 17.0. The number of tetrazole rings is 1. The third kappa shape index (κ3) is 3.48. The number of nitrogens with zero attached hydrogens (tertiary/aromatic N) is 5. The predicted octanol–water partition coefficient (Wildman–Crippen LogP) is 3.51. The summed E-state index contributed by atoms with van der Waals surface area (Å²) >= 11 is 0. The van der Waals surface area contributed by atoms with E-state index < -0.39 is 0 Å². The van der Waals surface area contributed by atoms with E-state index in [0.717, 1.165) is 66.6 Å². The molecule has 29 heavy (non-hydrogen) atoms. The van der Waals surface area contributed by atoms with Gasteiger partial charge in [-0.05, 0) is 79.2 Å². The molecule has 5 rings (SSSR count). The molecule has 7 heteroatoms. The molecular formula is C22H28N6O. The van der Waals surface area contributed by atoms with Gasteiger partial charge in [-0.25, -0.2) is 4.68 Å². The largest absolute Gasteiger partial charge is 0.322 e. The van der Waals surface area contributed by atoms with Gasteiger partial charge in [0.25, 0.3) is 5.56 Å². The highest BCUT2D eigenvalue weighted by atomic mass is 16.1. The molecule has 1 saturated carbocycles. The maximum absolute atomic E-state index is 13.2. The van der Waals surface area contributed by atoms with Gasteiger partial charge in [0.05, 0.1) is 6.04 Å². The minimum atomic E-state index is -0.205. The molecule has 2 fully saturated rings. The first-order valence-electron chi connectivity index (χ1n) is 10.9. The number of pyridine rings is 1. The molecule has 152 valence electrons. The van der Waals surface area contributed by atoms with E-state index in [1.165, 1.54) is 19.3 Å². The fourth-order valence-corrected chi connectivity index (χ4v) is 5.00. The summed E-state index contributed by atoms with van der Waals surface area (Å²) in [5, 5.41) is 13.9. The normalized spacial score (nSPS) is 19.8. The summed E-state index contributed by atoms with van der Waals surface area (Å²) in [7, 11) is 0. The van der Waals surface area contributed by atoms with E-state index in [-0.39, 0.29) is 11.6 Å². The van der Waals surface area contributed by atoms with E-state index in [1.54, 1.807) is 0 Å². The predicted molar refractivity (Wildman–Crippen MR) is 112 cm³/mol. The number of benzene rings is 1. The highest BCUT2D eigenvalue weighted by Gasteiger charge is 2.33. The van der Waals surface area contributed by atoms with Crippen molar-refractivity contribution in [1.82, 2.24) is 30.1 Å². The molecular weight excluding hydrogens is 364 g/mol. The molecule has 1 atom stereocenters. The van der Waals surface area contributed by atoms with Gasteiger partial charge in [-0.1, -0.05) is 31.4 Å². The van der Waals surface area contributed by atoms with E-state index >= 15 is 0 Å². The summed E-state index contributed by atoms with van der Waals surface area (Å²) in [4.78, 5) is 18.6. The molecule has 1 aromatic carbocycles. The van der Waals surface area contributed by atoms with Crippen LogP contribution in [0.2, 0.25) is 0 Å². The van der Waals surface area contributed by atoms with Crippen molar-refractivity contribution in [2.75, 3.05) is 13.1 Å². The average Bonchev–Trinajstić information content (AvgIpc) is 3.42. The van der Waals surface area contributed by atoms with E-state index in [4.69, 9.17) is 0 Å². The fraction of sp³-hybridized carbons (Fsp3) is 0.545. The smallest absolute Gasteiger partial charge is 0.253 e. The zero-order chi connectivity index (χ0) is 19.8. The highest BCUT2D eigenvalue weighted by molar-refractivity contribution is 5.79. The number of hydrogen-bond donors (Lipinski definition) is 1. The molecule has 3 heterocycles. The number of rotatable bonds is 4. The molecule has 0 spiro atoms. The second-order valence-corrected chi connectivity index (χ2v) is 8.56. The van der Waals surface area contributed by atoms with Crippen LogP contribution in [0.1, 0.15) is 74.0 Å². The van der Waals surface area contributed by atoms with Crippen molar-refractivity contribution in [1.29, 1.82) is 0 Å². The number of fused-ring (bicyclic) bond motifs is 1. The Morgan fingerprint density at radius 1 is 1.07 bits per heavy atom. The molecule has 1 aliphatic carbocycles. The van der Waals surface area contributed by atoms with E-state index in [0.29, 0.717) is 6.04 Å². The maximum Gasteiger partial charge on any atom is 0.253 e. The van der Waals surface area contributed by atoms with E-state index in [2.05, 4.69) is 37.5 Å². The van der Waals surface area contributed by atoms with Gasteiger partial charge in [0.2, 0.25) is 0 Å². The van der Waals surface area contributed by atoms with Crippen molar-refractivity contribution in [3.05, 3.63) is 51.6 Å². The number of H-pyrrole nitrogens is 1. The molecule has 3 aromatic rings. The van der Waals surface area contributed by atoms with Crippen LogP contribution in [0.3, 0.4) is 0 Å². The van der Waals surface area contributed by atoms with Gasteiger partial charge in [0, 0.05) is 11.1 Å². The Labute approximate surface area is 170 Å². The Bertz CT molecular complexity index is 1060. The lowest BCUT2D eigenvalue weighted by Gasteiger charge is -2.29. The Morgan fingerprint density at radius 2 is 1.86 bits per heavy atom. The third-order valence-corrected chi connectivity index (χ3v) is 6.51. The minimum absolute atomic E-state index is 0.0433. The summed E-state index contributed by atoms with van der Waals surface area (Å²) in [6.45, 7) is 3.97. The maximum atomic E-state index is 13.2. The van der Waals surface area contributed by atoms with Gasteiger partial charge in [0.1, 0.15) is 6.04 Å². The zero-order valence-corrected chi connectivity index (χ0v) is 17.0. The molecule has 2 aromatic heterocycles. The van der Waals surface area contributed by atoms with Crippen LogP contribution in [0.4, 0.5) is 0 Å². The van der Waals surface area contributed by atoms with E-state index in [9.17, 15) is 4.79 Å². The Balaban J connectivity index is 1.63. The molecule has 1 saturated heterocycles. The molecule has 7 nitrogen and oxygen atoms in total. The van der Waals surface area contributed by atoms with Crippen molar-refractivity contribution >= 4 is 10.9 Å². The van der Waals surface area contributed by atoms with Gasteiger partial charge < -0.3 is 4.98 Å². The monoisotopic (exact) mass is 392 g/mol. The molecule has 0 radical (unpaired) electrons. The number of nitrogens with one attached hydrogen (secondary N) is 1. The van der Waals surface area contributed by atoms with Gasteiger partial charge in [-0.15, -0.1) is 5.10 Å². The molecule has 0 amide bonds. The van der Waals surface area contributed by atoms with Crippen molar-refractivity contribution in [3.63, 3.8) is 0 Å². The Kier molecular flexibility index (Phi) is 4.91. The van der Waals surface area contributed by atoms with Crippen LogP contribution < -0.4 is 5.56 Å².